The number of hydrogen-bond acceptors (Lipinski definition) is 2. The summed E-state index contributed by atoms with van der Waals surface area (Å²) in [5.41, 5.74) is 6.48. The van der Waals surface area contributed by atoms with Crippen LogP contribution in [0, 0.1) is 11.7 Å². The molecule has 2 nitrogen and oxygen atoms in total. The summed E-state index contributed by atoms with van der Waals surface area (Å²) >= 11 is 0. The van der Waals surface area contributed by atoms with E-state index in [0.29, 0.717) is 12.5 Å². The first-order valence-corrected chi connectivity index (χ1v) is 5.95. The van der Waals surface area contributed by atoms with E-state index in [2.05, 4.69) is 4.90 Å². The fourth-order valence-electron chi connectivity index (χ4n) is 2.35. The van der Waals surface area contributed by atoms with Crippen molar-refractivity contribution in [1.29, 1.82) is 0 Å². The Bertz CT molecular complexity index is 340. The predicted octanol–water partition coefficient (Wildman–Crippen LogP) is 2.00. The number of rotatable bonds is 3. The van der Waals surface area contributed by atoms with Crippen LogP contribution in [0.1, 0.15) is 18.4 Å². The van der Waals surface area contributed by atoms with Gasteiger partial charge < -0.3 is 5.73 Å². The molecule has 0 bridgehead atoms. The summed E-state index contributed by atoms with van der Waals surface area (Å²) in [5.74, 6) is 0.484. The molecule has 0 spiro atoms. The van der Waals surface area contributed by atoms with Gasteiger partial charge in [-0.2, -0.15) is 0 Å². The Morgan fingerprint density at radius 2 is 2.19 bits per heavy atom. The van der Waals surface area contributed by atoms with Crippen molar-refractivity contribution < 1.29 is 4.39 Å². The van der Waals surface area contributed by atoms with Crippen molar-refractivity contribution >= 4 is 0 Å². The second kappa shape index (κ2) is 5.41. The molecule has 1 aliphatic heterocycles. The summed E-state index contributed by atoms with van der Waals surface area (Å²) < 4.78 is 13.5. The van der Waals surface area contributed by atoms with Gasteiger partial charge in [0, 0.05) is 18.7 Å². The van der Waals surface area contributed by atoms with Crippen molar-refractivity contribution in [2.75, 3.05) is 19.6 Å². The van der Waals surface area contributed by atoms with Crippen LogP contribution in [0.4, 0.5) is 4.39 Å². The standard InChI is InChI=1S/C13H19FN2/c14-13-6-2-1-5-12(13)10-16-7-3-4-11(8-15)9-16/h1-2,5-6,11H,3-4,7-10,15H2/t11-/m0/s1. The lowest BCUT2D eigenvalue weighted by Gasteiger charge is -2.32. The van der Waals surface area contributed by atoms with Gasteiger partial charge in [0.2, 0.25) is 0 Å². The van der Waals surface area contributed by atoms with E-state index < -0.39 is 0 Å². The quantitative estimate of drug-likeness (QED) is 0.847. The van der Waals surface area contributed by atoms with Gasteiger partial charge in [-0.25, -0.2) is 4.39 Å². The lowest BCUT2D eigenvalue weighted by Crippen LogP contribution is -2.38. The van der Waals surface area contributed by atoms with E-state index in [-0.39, 0.29) is 5.82 Å². The molecule has 0 amide bonds. The summed E-state index contributed by atoms with van der Waals surface area (Å²) in [7, 11) is 0. The molecule has 2 N–H and O–H groups in total. The largest absolute Gasteiger partial charge is 0.330 e. The molecule has 0 unspecified atom stereocenters. The highest BCUT2D eigenvalue weighted by Crippen LogP contribution is 2.18. The Morgan fingerprint density at radius 1 is 1.38 bits per heavy atom. The van der Waals surface area contributed by atoms with Crippen molar-refractivity contribution in [3.63, 3.8) is 0 Å². The summed E-state index contributed by atoms with van der Waals surface area (Å²) in [5, 5.41) is 0. The Kier molecular flexibility index (Phi) is 3.91. The Labute approximate surface area is 96.2 Å². The average molecular weight is 222 g/mol. The van der Waals surface area contributed by atoms with E-state index in [9.17, 15) is 4.39 Å². The smallest absolute Gasteiger partial charge is 0.127 e. The molecule has 16 heavy (non-hydrogen) atoms. The molecule has 1 saturated heterocycles. The molecule has 1 aliphatic rings. The number of nitrogens with two attached hydrogens (primary N) is 1. The predicted molar refractivity (Wildman–Crippen MR) is 63.5 cm³/mol. The van der Waals surface area contributed by atoms with Crippen LogP contribution in [-0.2, 0) is 6.54 Å². The van der Waals surface area contributed by atoms with E-state index in [1.165, 1.54) is 18.9 Å². The minimum absolute atomic E-state index is 0.0997. The molecule has 1 fully saturated rings. The van der Waals surface area contributed by atoms with E-state index in [1.54, 1.807) is 6.07 Å². The van der Waals surface area contributed by atoms with Gasteiger partial charge >= 0.3 is 0 Å². The van der Waals surface area contributed by atoms with Crippen molar-refractivity contribution in [2.45, 2.75) is 19.4 Å². The van der Waals surface area contributed by atoms with Gasteiger partial charge in [-0.15, -0.1) is 0 Å². The number of hydrogen-bond donors (Lipinski definition) is 1. The maximum atomic E-state index is 13.5. The van der Waals surface area contributed by atoms with Crippen LogP contribution >= 0.6 is 0 Å². The highest BCUT2D eigenvalue weighted by molar-refractivity contribution is 5.17. The zero-order valence-corrected chi connectivity index (χ0v) is 9.53. The SMILES string of the molecule is NC[C@@H]1CCCN(Cc2ccccc2F)C1. The zero-order chi connectivity index (χ0) is 11.4. The van der Waals surface area contributed by atoms with Crippen molar-refractivity contribution in [1.82, 2.24) is 4.90 Å². The van der Waals surface area contributed by atoms with Gasteiger partial charge in [0.15, 0.2) is 0 Å². The number of piperidine rings is 1. The van der Waals surface area contributed by atoms with Crippen LogP contribution in [0.3, 0.4) is 0 Å². The topological polar surface area (TPSA) is 29.3 Å². The number of halogens is 1. The van der Waals surface area contributed by atoms with Crippen LogP contribution < -0.4 is 5.73 Å². The molecule has 0 radical (unpaired) electrons. The van der Waals surface area contributed by atoms with Gasteiger partial charge in [-0.05, 0) is 37.9 Å². The third-order valence-corrected chi connectivity index (χ3v) is 3.29. The van der Waals surface area contributed by atoms with Crippen molar-refractivity contribution in [3.8, 4) is 0 Å². The normalized spacial score (nSPS) is 22.2. The Morgan fingerprint density at radius 3 is 2.94 bits per heavy atom. The van der Waals surface area contributed by atoms with E-state index in [1.807, 2.05) is 12.1 Å². The molecule has 3 heteroatoms. The average Bonchev–Trinajstić information content (AvgIpc) is 2.32. The molecule has 1 aromatic carbocycles. The van der Waals surface area contributed by atoms with E-state index >= 15 is 0 Å². The summed E-state index contributed by atoms with van der Waals surface area (Å²) in [6, 6.07) is 7.02. The summed E-state index contributed by atoms with van der Waals surface area (Å²) in [6.45, 7) is 3.52. The minimum atomic E-state index is -0.0997. The van der Waals surface area contributed by atoms with Gasteiger partial charge in [-0.1, -0.05) is 18.2 Å². The first-order valence-electron chi connectivity index (χ1n) is 5.95. The molecule has 2 rings (SSSR count). The second-order valence-corrected chi connectivity index (χ2v) is 4.57. The Hall–Kier alpha value is -0.930. The Balaban J connectivity index is 1.97. The maximum absolute atomic E-state index is 13.5. The van der Waals surface area contributed by atoms with E-state index in [4.69, 9.17) is 5.73 Å². The molecule has 1 atom stereocenters. The lowest BCUT2D eigenvalue weighted by atomic mass is 9.98. The summed E-state index contributed by atoms with van der Waals surface area (Å²) in [4.78, 5) is 2.31. The van der Waals surface area contributed by atoms with Crippen LogP contribution in [0.15, 0.2) is 24.3 Å². The third-order valence-electron chi connectivity index (χ3n) is 3.29. The van der Waals surface area contributed by atoms with Crippen LogP contribution in [-0.4, -0.2) is 24.5 Å². The van der Waals surface area contributed by atoms with E-state index in [0.717, 1.165) is 25.2 Å². The molecule has 0 aromatic heterocycles. The second-order valence-electron chi connectivity index (χ2n) is 4.57. The number of nitrogens with zero attached hydrogens (tertiary/aromatic N) is 1. The third kappa shape index (κ3) is 2.80. The highest BCUT2D eigenvalue weighted by Gasteiger charge is 2.19. The van der Waals surface area contributed by atoms with Gasteiger partial charge in [-0.3, -0.25) is 4.90 Å². The maximum Gasteiger partial charge on any atom is 0.127 e. The fraction of sp³-hybridized carbons (Fsp3) is 0.538. The van der Waals surface area contributed by atoms with Crippen molar-refractivity contribution in [2.24, 2.45) is 11.7 Å². The molecule has 88 valence electrons. The minimum Gasteiger partial charge on any atom is -0.330 e. The van der Waals surface area contributed by atoms with Crippen molar-refractivity contribution in [3.05, 3.63) is 35.6 Å². The molecule has 1 aromatic rings. The zero-order valence-electron chi connectivity index (χ0n) is 9.53. The number of likely N-dealkylation sites (tertiary alicyclic amines) is 1. The van der Waals surface area contributed by atoms with Gasteiger partial charge in [0.1, 0.15) is 5.82 Å². The molecular weight excluding hydrogens is 203 g/mol. The first-order chi connectivity index (χ1) is 7.79. The summed E-state index contributed by atoms with van der Waals surface area (Å²) in [6.07, 6.45) is 2.39. The van der Waals surface area contributed by atoms with Gasteiger partial charge in [0.05, 0.1) is 0 Å². The molecular formula is C13H19FN2. The monoisotopic (exact) mass is 222 g/mol. The number of benzene rings is 1. The van der Waals surface area contributed by atoms with Crippen LogP contribution in [0.2, 0.25) is 0 Å². The fourth-order valence-corrected chi connectivity index (χ4v) is 2.35. The van der Waals surface area contributed by atoms with Gasteiger partial charge in [0.25, 0.3) is 0 Å². The molecule has 0 aliphatic carbocycles. The first kappa shape index (κ1) is 11.6. The van der Waals surface area contributed by atoms with Crippen LogP contribution in [0.25, 0.3) is 0 Å². The molecule has 1 heterocycles. The van der Waals surface area contributed by atoms with Crippen LogP contribution in [0.5, 0.6) is 0 Å². The molecule has 0 saturated carbocycles. The lowest BCUT2D eigenvalue weighted by molar-refractivity contribution is 0.169. The highest BCUT2D eigenvalue weighted by atomic mass is 19.1.